The average Bonchev–Trinajstić information content (AvgIpc) is 3.05. The lowest BCUT2D eigenvalue weighted by atomic mass is 10.2. The van der Waals surface area contributed by atoms with Crippen LogP contribution in [0.15, 0.2) is 41.3 Å². The van der Waals surface area contributed by atoms with Crippen molar-refractivity contribution in [1.29, 1.82) is 0 Å². The minimum Gasteiger partial charge on any atom is -0.398 e. The zero-order chi connectivity index (χ0) is 18.3. The minimum absolute atomic E-state index is 0.306. The first-order valence-electron chi connectivity index (χ1n) is 8.69. The smallest absolute Gasteiger partial charge is 0.243 e. The van der Waals surface area contributed by atoms with E-state index in [4.69, 9.17) is 5.73 Å². The molecule has 0 bridgehead atoms. The van der Waals surface area contributed by atoms with Gasteiger partial charge in [-0.25, -0.2) is 8.42 Å². The minimum atomic E-state index is -3.43. The van der Waals surface area contributed by atoms with Gasteiger partial charge < -0.3 is 5.73 Å². The van der Waals surface area contributed by atoms with E-state index >= 15 is 0 Å². The summed E-state index contributed by atoms with van der Waals surface area (Å²) >= 11 is 0. The van der Waals surface area contributed by atoms with Crippen LogP contribution in [0, 0.1) is 6.92 Å². The molecule has 4 rings (SSSR count). The first-order valence-corrected chi connectivity index (χ1v) is 10.1. The van der Waals surface area contributed by atoms with Gasteiger partial charge in [-0.15, -0.1) is 10.2 Å². The lowest BCUT2D eigenvalue weighted by Crippen LogP contribution is -2.35. The zero-order valence-corrected chi connectivity index (χ0v) is 15.4. The zero-order valence-electron chi connectivity index (χ0n) is 14.6. The number of aryl methyl sites for hydroxylation is 1. The second kappa shape index (κ2) is 6.37. The highest BCUT2D eigenvalue weighted by Crippen LogP contribution is 2.23. The summed E-state index contributed by atoms with van der Waals surface area (Å²) in [5, 5.41) is 8.89. The number of piperidine rings is 1. The normalized spacial score (nSPS) is 16.2. The Hall–Kier alpha value is -2.45. The van der Waals surface area contributed by atoms with Crippen LogP contribution in [0.25, 0.3) is 16.7 Å². The van der Waals surface area contributed by atoms with E-state index in [1.54, 1.807) is 34.6 Å². The highest BCUT2D eigenvalue weighted by Gasteiger charge is 2.25. The number of aromatic nitrogens is 3. The monoisotopic (exact) mass is 371 g/mol. The molecule has 8 heteroatoms. The van der Waals surface area contributed by atoms with Gasteiger partial charge in [0.1, 0.15) is 11.0 Å². The molecule has 3 aromatic rings. The summed E-state index contributed by atoms with van der Waals surface area (Å²) in [5.74, 6) is 0. The molecule has 1 saturated heterocycles. The predicted molar refractivity (Wildman–Crippen MR) is 101 cm³/mol. The summed E-state index contributed by atoms with van der Waals surface area (Å²) in [6, 6.07) is 10.4. The number of nitrogens with two attached hydrogens (primary N) is 1. The summed E-state index contributed by atoms with van der Waals surface area (Å²) in [6.45, 7) is 3.11. The Kier molecular flexibility index (Phi) is 4.16. The average molecular weight is 371 g/mol. The molecule has 0 unspecified atom stereocenters. The van der Waals surface area contributed by atoms with E-state index in [9.17, 15) is 8.42 Å². The van der Waals surface area contributed by atoms with E-state index in [-0.39, 0.29) is 0 Å². The molecule has 0 aliphatic carbocycles. The predicted octanol–water partition coefficient (Wildman–Crippen LogP) is 2.49. The van der Waals surface area contributed by atoms with E-state index in [0.29, 0.717) is 34.9 Å². The van der Waals surface area contributed by atoms with E-state index in [0.717, 1.165) is 30.3 Å². The number of nitrogen functional groups attached to an aromatic ring is 1. The van der Waals surface area contributed by atoms with Crippen molar-refractivity contribution in [1.82, 2.24) is 19.3 Å². The van der Waals surface area contributed by atoms with Gasteiger partial charge in [0.05, 0.1) is 10.6 Å². The molecule has 0 amide bonds. The van der Waals surface area contributed by atoms with Crippen molar-refractivity contribution in [2.75, 3.05) is 18.8 Å². The van der Waals surface area contributed by atoms with Gasteiger partial charge >= 0.3 is 0 Å². The molecule has 0 radical (unpaired) electrons. The number of benzene rings is 2. The van der Waals surface area contributed by atoms with Gasteiger partial charge in [0.25, 0.3) is 0 Å². The molecule has 1 aliphatic heterocycles. The van der Waals surface area contributed by atoms with Gasteiger partial charge in [-0.2, -0.15) is 9.10 Å². The van der Waals surface area contributed by atoms with Crippen LogP contribution in [0.2, 0.25) is 0 Å². The molecular formula is C18H21N5O2S. The number of fused-ring (bicyclic) bond motifs is 1. The number of sulfonamides is 1. The molecule has 7 nitrogen and oxygen atoms in total. The Labute approximate surface area is 152 Å². The third-order valence-corrected chi connectivity index (χ3v) is 6.70. The first-order chi connectivity index (χ1) is 12.4. The second-order valence-electron chi connectivity index (χ2n) is 6.65. The molecule has 2 N–H and O–H groups in total. The van der Waals surface area contributed by atoms with Crippen molar-refractivity contribution in [2.24, 2.45) is 0 Å². The molecule has 0 spiro atoms. The van der Waals surface area contributed by atoms with Gasteiger partial charge in [0.2, 0.25) is 10.0 Å². The van der Waals surface area contributed by atoms with Crippen LogP contribution in [-0.2, 0) is 10.0 Å². The van der Waals surface area contributed by atoms with Gasteiger partial charge in [0.15, 0.2) is 0 Å². The molecule has 0 saturated carbocycles. The summed E-state index contributed by atoms with van der Waals surface area (Å²) in [4.78, 5) is 1.81. The lowest BCUT2D eigenvalue weighted by Gasteiger charge is -2.25. The molecule has 0 atom stereocenters. The van der Waals surface area contributed by atoms with Crippen LogP contribution in [0.1, 0.15) is 24.8 Å². The van der Waals surface area contributed by atoms with Gasteiger partial charge in [-0.1, -0.05) is 6.42 Å². The number of rotatable bonds is 3. The quantitative estimate of drug-likeness (QED) is 0.714. The highest BCUT2D eigenvalue weighted by molar-refractivity contribution is 7.89. The molecule has 1 aliphatic rings. The maximum absolute atomic E-state index is 12.7. The fourth-order valence-electron chi connectivity index (χ4n) is 3.21. The molecular weight excluding hydrogens is 350 g/mol. The van der Waals surface area contributed by atoms with Crippen LogP contribution in [0.3, 0.4) is 0 Å². The number of hydrogen-bond acceptors (Lipinski definition) is 5. The maximum Gasteiger partial charge on any atom is 0.243 e. The highest BCUT2D eigenvalue weighted by atomic mass is 32.2. The van der Waals surface area contributed by atoms with E-state index in [1.165, 1.54) is 4.80 Å². The van der Waals surface area contributed by atoms with Crippen molar-refractivity contribution < 1.29 is 8.42 Å². The molecule has 26 heavy (non-hydrogen) atoms. The van der Waals surface area contributed by atoms with Crippen LogP contribution < -0.4 is 5.73 Å². The molecule has 2 heterocycles. The third kappa shape index (κ3) is 2.95. The number of hydrogen-bond donors (Lipinski definition) is 1. The molecule has 136 valence electrons. The van der Waals surface area contributed by atoms with Gasteiger partial charge in [-0.3, -0.25) is 0 Å². The van der Waals surface area contributed by atoms with E-state index in [2.05, 4.69) is 10.2 Å². The first kappa shape index (κ1) is 17.0. The van der Waals surface area contributed by atoms with Crippen LogP contribution in [-0.4, -0.2) is 40.8 Å². The fraction of sp³-hybridized carbons (Fsp3) is 0.333. The number of anilines is 1. The van der Waals surface area contributed by atoms with Crippen molar-refractivity contribution >= 4 is 26.7 Å². The maximum atomic E-state index is 12.7. The lowest BCUT2D eigenvalue weighted by molar-refractivity contribution is 0.346. The van der Waals surface area contributed by atoms with E-state index in [1.807, 2.05) is 13.0 Å². The Balaban J connectivity index is 1.65. The second-order valence-corrected chi connectivity index (χ2v) is 8.58. The van der Waals surface area contributed by atoms with Gasteiger partial charge in [0, 0.05) is 18.8 Å². The largest absolute Gasteiger partial charge is 0.398 e. The summed E-state index contributed by atoms with van der Waals surface area (Å²) in [5.41, 5.74) is 9.71. The van der Waals surface area contributed by atoms with Gasteiger partial charge in [-0.05, 0) is 61.7 Å². The fourth-order valence-corrected chi connectivity index (χ4v) is 4.72. The van der Waals surface area contributed by atoms with Crippen molar-refractivity contribution in [2.45, 2.75) is 31.1 Å². The third-order valence-electron chi connectivity index (χ3n) is 4.79. The standard InChI is InChI=1S/C18H21N5O2S/c1-13-11-17-18(12-16(13)19)21-23(20-17)14-5-7-15(8-6-14)26(24,25)22-9-3-2-4-10-22/h5-8,11-12H,2-4,9-10,19H2,1H3. The van der Waals surface area contributed by atoms with Crippen molar-refractivity contribution in [3.05, 3.63) is 42.0 Å². The summed E-state index contributed by atoms with van der Waals surface area (Å²) < 4.78 is 27.0. The topological polar surface area (TPSA) is 94.1 Å². The molecule has 1 aromatic heterocycles. The Morgan fingerprint density at radius 2 is 1.58 bits per heavy atom. The van der Waals surface area contributed by atoms with Crippen LogP contribution >= 0.6 is 0 Å². The Morgan fingerprint density at radius 3 is 2.23 bits per heavy atom. The molecule has 1 fully saturated rings. The summed E-state index contributed by atoms with van der Waals surface area (Å²) in [6.07, 6.45) is 2.93. The Bertz CT molecular complexity index is 1010. The number of nitrogens with zero attached hydrogens (tertiary/aromatic N) is 4. The van der Waals surface area contributed by atoms with Crippen molar-refractivity contribution in [3.63, 3.8) is 0 Å². The Morgan fingerprint density at radius 1 is 0.962 bits per heavy atom. The van der Waals surface area contributed by atoms with Crippen LogP contribution in [0.4, 0.5) is 5.69 Å². The van der Waals surface area contributed by atoms with Crippen LogP contribution in [0.5, 0.6) is 0 Å². The van der Waals surface area contributed by atoms with E-state index < -0.39 is 10.0 Å². The summed E-state index contributed by atoms with van der Waals surface area (Å²) in [7, 11) is -3.43. The SMILES string of the molecule is Cc1cc2nn(-c3ccc(S(=O)(=O)N4CCCCC4)cc3)nc2cc1N. The van der Waals surface area contributed by atoms with Crippen molar-refractivity contribution in [3.8, 4) is 5.69 Å². The molecule has 2 aromatic carbocycles.